The zero-order valence-corrected chi connectivity index (χ0v) is 11.1. The van der Waals surface area contributed by atoms with Crippen molar-refractivity contribution in [2.45, 2.75) is 17.1 Å². The molecule has 1 aromatic carbocycles. The molecule has 0 aromatic heterocycles. The molecule has 0 fully saturated rings. The first kappa shape index (κ1) is 15.4. The molecular formula is C10H9ClFNO5S. The maximum Gasteiger partial charge on any atom is 0.338 e. The van der Waals surface area contributed by atoms with Gasteiger partial charge in [0.2, 0.25) is 5.91 Å². The second kappa shape index (κ2) is 5.14. The number of hydrogen-bond acceptors (Lipinski definition) is 4. The van der Waals surface area contributed by atoms with Gasteiger partial charge in [0.05, 0.1) is 5.56 Å². The van der Waals surface area contributed by atoms with E-state index in [0.29, 0.717) is 0 Å². The smallest absolute Gasteiger partial charge is 0.338 e. The third kappa shape index (κ3) is 2.85. The highest BCUT2D eigenvalue weighted by Crippen LogP contribution is 2.26. The summed E-state index contributed by atoms with van der Waals surface area (Å²) in [6, 6.07) is 1.51. The number of benzene rings is 1. The summed E-state index contributed by atoms with van der Waals surface area (Å²) in [5.74, 6) is -4.34. The maximum atomic E-state index is 13.9. The Morgan fingerprint density at radius 1 is 1.42 bits per heavy atom. The molecule has 0 aliphatic carbocycles. The zero-order chi connectivity index (χ0) is 15.0. The van der Waals surface area contributed by atoms with E-state index in [2.05, 4.69) is 0 Å². The summed E-state index contributed by atoms with van der Waals surface area (Å²) in [7, 11) is -4.44. The molecule has 9 heteroatoms. The van der Waals surface area contributed by atoms with Gasteiger partial charge in [-0.3, -0.25) is 4.79 Å². The summed E-state index contributed by atoms with van der Waals surface area (Å²) in [6.07, 6.45) is 0. The van der Waals surface area contributed by atoms with Gasteiger partial charge in [-0.1, -0.05) is 11.6 Å². The lowest BCUT2D eigenvalue weighted by molar-refractivity contribution is -0.117. The van der Waals surface area contributed by atoms with Crippen molar-refractivity contribution in [3.8, 4) is 0 Å². The fourth-order valence-corrected chi connectivity index (χ4v) is 2.89. The van der Waals surface area contributed by atoms with Crippen LogP contribution >= 0.6 is 11.6 Å². The maximum absolute atomic E-state index is 13.9. The van der Waals surface area contributed by atoms with Crippen molar-refractivity contribution in [1.29, 1.82) is 0 Å². The van der Waals surface area contributed by atoms with Crippen molar-refractivity contribution in [1.82, 2.24) is 0 Å². The highest BCUT2D eigenvalue weighted by atomic mass is 35.5. The molecule has 3 N–H and O–H groups in total. The molecule has 1 rings (SSSR count). The summed E-state index contributed by atoms with van der Waals surface area (Å²) in [4.78, 5) is 20.7. The Labute approximate surface area is 112 Å². The van der Waals surface area contributed by atoms with Crippen LogP contribution in [0.2, 0.25) is 5.02 Å². The minimum atomic E-state index is -4.44. The van der Waals surface area contributed by atoms with E-state index < -0.39 is 43.2 Å². The summed E-state index contributed by atoms with van der Waals surface area (Å²) >= 11 is 5.55. The zero-order valence-electron chi connectivity index (χ0n) is 9.55. The van der Waals surface area contributed by atoms with Crippen molar-refractivity contribution in [2.75, 3.05) is 0 Å². The van der Waals surface area contributed by atoms with E-state index in [4.69, 9.17) is 22.4 Å². The molecule has 1 aromatic rings. The predicted octanol–water partition coefficient (Wildman–Crippen LogP) is 0.825. The van der Waals surface area contributed by atoms with Crippen LogP contribution in [-0.4, -0.2) is 30.7 Å². The van der Waals surface area contributed by atoms with Gasteiger partial charge in [-0.2, -0.15) is 0 Å². The molecule has 0 aliphatic heterocycles. The number of carbonyl (C=O) groups excluding carboxylic acids is 1. The van der Waals surface area contributed by atoms with Crippen LogP contribution in [0, 0.1) is 5.82 Å². The number of carboxylic acids is 1. The third-order valence-corrected chi connectivity index (χ3v) is 4.70. The molecule has 6 nitrogen and oxygen atoms in total. The molecule has 0 saturated heterocycles. The fraction of sp³-hybridized carbons (Fsp3) is 0.200. The third-order valence-electron chi connectivity index (χ3n) is 2.41. The van der Waals surface area contributed by atoms with Crippen LogP contribution < -0.4 is 5.73 Å². The molecular weight excluding hydrogens is 301 g/mol. The molecule has 0 saturated carbocycles. The number of halogens is 2. The summed E-state index contributed by atoms with van der Waals surface area (Å²) in [5, 5.41) is 6.75. The van der Waals surface area contributed by atoms with E-state index >= 15 is 0 Å². The number of nitrogens with two attached hydrogens (primary N) is 1. The topological polar surface area (TPSA) is 115 Å². The predicted molar refractivity (Wildman–Crippen MR) is 64.2 cm³/mol. The number of carboxylic acid groups (broad SMARTS) is 1. The van der Waals surface area contributed by atoms with E-state index in [1.807, 2.05) is 0 Å². The summed E-state index contributed by atoms with van der Waals surface area (Å²) in [6.45, 7) is 0.971. The van der Waals surface area contributed by atoms with E-state index in [0.717, 1.165) is 19.1 Å². The molecule has 0 heterocycles. The van der Waals surface area contributed by atoms with Crippen LogP contribution in [0.4, 0.5) is 4.39 Å². The van der Waals surface area contributed by atoms with Gasteiger partial charge in [0, 0.05) is 5.02 Å². The van der Waals surface area contributed by atoms with Crippen LogP contribution in [-0.2, 0) is 14.6 Å². The van der Waals surface area contributed by atoms with E-state index in [1.54, 1.807) is 0 Å². The lowest BCUT2D eigenvalue weighted by Crippen LogP contribution is -2.33. The number of primary amides is 1. The largest absolute Gasteiger partial charge is 0.478 e. The average Bonchev–Trinajstić information content (AvgIpc) is 2.29. The van der Waals surface area contributed by atoms with Crippen LogP contribution in [0.15, 0.2) is 17.0 Å². The van der Waals surface area contributed by atoms with Crippen LogP contribution in [0.5, 0.6) is 0 Å². The van der Waals surface area contributed by atoms with Crippen LogP contribution in [0.1, 0.15) is 17.3 Å². The summed E-state index contributed by atoms with van der Waals surface area (Å²) in [5.41, 5.74) is 3.96. The normalized spacial score (nSPS) is 13.0. The standard InChI is InChI=1S/C10H9ClFNO5S/c1-4(9(13)14)19(17,18)7-3-5(11)2-6(8(7)12)10(15)16/h2-4H,1H3,(H2,13,14)(H,15,16). The Morgan fingerprint density at radius 3 is 2.37 bits per heavy atom. The first-order valence-electron chi connectivity index (χ1n) is 4.84. The molecule has 1 atom stereocenters. The van der Waals surface area contributed by atoms with Gasteiger partial charge in [0.1, 0.15) is 10.1 Å². The number of sulfone groups is 1. The van der Waals surface area contributed by atoms with Gasteiger partial charge >= 0.3 is 5.97 Å². The lowest BCUT2D eigenvalue weighted by Gasteiger charge is -2.12. The van der Waals surface area contributed by atoms with Gasteiger partial charge in [-0.05, 0) is 19.1 Å². The van der Waals surface area contributed by atoms with Gasteiger partial charge in [-0.25, -0.2) is 17.6 Å². The number of amides is 1. The average molecular weight is 310 g/mol. The van der Waals surface area contributed by atoms with E-state index in [9.17, 15) is 22.4 Å². The number of hydrogen-bond donors (Lipinski definition) is 2. The highest BCUT2D eigenvalue weighted by Gasteiger charge is 2.32. The van der Waals surface area contributed by atoms with Crippen molar-refractivity contribution in [2.24, 2.45) is 5.73 Å². The molecule has 0 radical (unpaired) electrons. The second-order valence-electron chi connectivity index (χ2n) is 3.66. The Balaban J connectivity index is 3.61. The molecule has 1 unspecified atom stereocenters. The van der Waals surface area contributed by atoms with Gasteiger partial charge in [-0.15, -0.1) is 0 Å². The van der Waals surface area contributed by atoms with Crippen molar-refractivity contribution in [3.05, 3.63) is 28.5 Å². The molecule has 104 valence electrons. The van der Waals surface area contributed by atoms with Gasteiger partial charge in [0.15, 0.2) is 15.7 Å². The van der Waals surface area contributed by atoms with E-state index in [1.165, 1.54) is 0 Å². The number of carbonyl (C=O) groups is 2. The number of rotatable bonds is 4. The summed E-state index contributed by atoms with van der Waals surface area (Å²) < 4.78 is 37.7. The lowest BCUT2D eigenvalue weighted by atomic mass is 10.2. The Kier molecular flexibility index (Phi) is 4.16. The molecule has 0 bridgehead atoms. The minimum Gasteiger partial charge on any atom is -0.478 e. The van der Waals surface area contributed by atoms with Gasteiger partial charge < -0.3 is 10.8 Å². The SMILES string of the molecule is CC(C(N)=O)S(=O)(=O)c1cc(Cl)cc(C(=O)O)c1F. The monoisotopic (exact) mass is 309 g/mol. The van der Waals surface area contributed by atoms with Crippen LogP contribution in [0.25, 0.3) is 0 Å². The van der Waals surface area contributed by atoms with Crippen molar-refractivity contribution >= 4 is 33.3 Å². The quantitative estimate of drug-likeness (QED) is 0.854. The van der Waals surface area contributed by atoms with E-state index in [-0.39, 0.29) is 5.02 Å². The minimum absolute atomic E-state index is 0.283. The Morgan fingerprint density at radius 2 is 1.95 bits per heavy atom. The van der Waals surface area contributed by atoms with Crippen LogP contribution in [0.3, 0.4) is 0 Å². The van der Waals surface area contributed by atoms with Crippen molar-refractivity contribution < 1.29 is 27.5 Å². The first-order valence-corrected chi connectivity index (χ1v) is 6.77. The number of aromatic carboxylic acids is 1. The second-order valence-corrected chi connectivity index (χ2v) is 6.33. The van der Waals surface area contributed by atoms with Crippen molar-refractivity contribution in [3.63, 3.8) is 0 Å². The molecule has 1 amide bonds. The Bertz CT molecular complexity index is 658. The molecule has 0 spiro atoms. The first-order chi connectivity index (χ1) is 8.59. The fourth-order valence-electron chi connectivity index (χ4n) is 1.27. The Hall–Kier alpha value is -1.67. The molecule has 19 heavy (non-hydrogen) atoms. The van der Waals surface area contributed by atoms with Gasteiger partial charge in [0.25, 0.3) is 0 Å². The highest BCUT2D eigenvalue weighted by molar-refractivity contribution is 7.92. The molecule has 0 aliphatic rings.